The van der Waals surface area contributed by atoms with Crippen LogP contribution in [0.15, 0.2) is 59.1 Å². The Kier molecular flexibility index (Phi) is 5.15. The zero-order valence-electron chi connectivity index (χ0n) is 12.5. The molecule has 0 aromatic heterocycles. The maximum Gasteiger partial charge on any atom is 0.0606 e. The second-order valence-electron chi connectivity index (χ2n) is 5.41. The molecule has 112 valence electrons. The summed E-state index contributed by atoms with van der Waals surface area (Å²) >= 11 is 3.48. The van der Waals surface area contributed by atoms with Crippen LogP contribution in [0.3, 0.4) is 0 Å². The number of hydrogen-bond donors (Lipinski definition) is 0. The zero-order valence-corrected chi connectivity index (χ0v) is 14.1. The second-order valence-corrected chi connectivity index (χ2v) is 6.32. The fraction of sp³-hybridized carbons (Fsp3) is 0.263. The molecule has 1 saturated heterocycles. The topological polar surface area (TPSA) is 6.48 Å². The summed E-state index contributed by atoms with van der Waals surface area (Å²) in [6.45, 7) is 5.12. The fourth-order valence-electron chi connectivity index (χ4n) is 2.59. The van der Waals surface area contributed by atoms with Crippen LogP contribution in [-0.4, -0.2) is 37.6 Å². The highest BCUT2D eigenvalue weighted by Crippen LogP contribution is 2.19. The number of hydrogen-bond acceptors (Lipinski definition) is 2. The number of nitrogens with zero attached hydrogens (tertiary/aromatic N) is 2. The molecule has 1 heterocycles. The Morgan fingerprint density at radius 3 is 2.23 bits per heavy atom. The van der Waals surface area contributed by atoms with E-state index in [1.54, 1.807) is 0 Å². The smallest absolute Gasteiger partial charge is 0.0606 e. The number of piperazine rings is 1. The molecule has 0 amide bonds. The molecule has 3 rings (SSSR count). The van der Waals surface area contributed by atoms with Gasteiger partial charge in [-0.2, -0.15) is 0 Å². The predicted octanol–water partition coefficient (Wildman–Crippen LogP) is 3.62. The minimum Gasteiger partial charge on any atom is -0.369 e. The average molecular weight is 355 g/mol. The van der Waals surface area contributed by atoms with Crippen molar-refractivity contribution in [2.75, 3.05) is 37.6 Å². The van der Waals surface area contributed by atoms with Crippen molar-refractivity contribution in [1.29, 1.82) is 0 Å². The molecule has 0 aliphatic carbocycles. The van der Waals surface area contributed by atoms with Crippen molar-refractivity contribution in [2.45, 2.75) is 0 Å². The van der Waals surface area contributed by atoms with E-state index in [-0.39, 0.29) is 0 Å². The highest BCUT2D eigenvalue weighted by atomic mass is 79.9. The lowest BCUT2D eigenvalue weighted by atomic mass is 10.2. The summed E-state index contributed by atoms with van der Waals surface area (Å²) in [6, 6.07) is 18.7. The minimum absolute atomic E-state index is 0.850. The summed E-state index contributed by atoms with van der Waals surface area (Å²) in [5.41, 5.74) is 2.40. The van der Waals surface area contributed by atoms with Gasteiger partial charge < -0.3 is 4.90 Å². The van der Waals surface area contributed by atoms with Gasteiger partial charge in [-0.3, -0.25) is 4.90 Å². The Balaban J connectivity index is 1.50. The van der Waals surface area contributed by atoms with Crippen LogP contribution in [0.4, 0.5) is 5.69 Å². The summed E-state index contributed by atoms with van der Waals surface area (Å²) in [5.74, 6) is 6.52. The highest BCUT2D eigenvalue weighted by molar-refractivity contribution is 9.10. The Morgan fingerprint density at radius 2 is 1.55 bits per heavy atom. The van der Waals surface area contributed by atoms with Gasteiger partial charge in [-0.25, -0.2) is 0 Å². The summed E-state index contributed by atoms with van der Waals surface area (Å²) in [4.78, 5) is 4.86. The number of anilines is 1. The first-order chi connectivity index (χ1) is 10.8. The molecule has 0 bridgehead atoms. The molecule has 0 atom stereocenters. The number of halogens is 1. The monoisotopic (exact) mass is 354 g/mol. The summed E-state index contributed by atoms with van der Waals surface area (Å²) in [7, 11) is 0. The van der Waals surface area contributed by atoms with E-state index in [0.29, 0.717) is 0 Å². The first kappa shape index (κ1) is 15.1. The van der Waals surface area contributed by atoms with Gasteiger partial charge >= 0.3 is 0 Å². The molecule has 2 aromatic rings. The lowest BCUT2D eigenvalue weighted by molar-refractivity contribution is 0.288. The Bertz CT molecular complexity index is 647. The Morgan fingerprint density at radius 1 is 0.864 bits per heavy atom. The van der Waals surface area contributed by atoms with Crippen LogP contribution in [0.25, 0.3) is 0 Å². The van der Waals surface area contributed by atoms with Crippen molar-refractivity contribution in [1.82, 2.24) is 4.90 Å². The quantitative estimate of drug-likeness (QED) is 0.760. The van der Waals surface area contributed by atoms with E-state index < -0.39 is 0 Å². The summed E-state index contributed by atoms with van der Waals surface area (Å²) < 4.78 is 1.13. The SMILES string of the molecule is Brc1ccc(N2CCN(CC#Cc3ccccc3)CC2)cc1. The fourth-order valence-corrected chi connectivity index (χ4v) is 2.86. The third-order valence-corrected chi connectivity index (χ3v) is 4.40. The molecule has 1 aliphatic heterocycles. The van der Waals surface area contributed by atoms with Crippen molar-refractivity contribution >= 4 is 21.6 Å². The van der Waals surface area contributed by atoms with Gasteiger partial charge in [0.15, 0.2) is 0 Å². The van der Waals surface area contributed by atoms with E-state index in [0.717, 1.165) is 42.8 Å². The third kappa shape index (κ3) is 4.13. The van der Waals surface area contributed by atoms with Gasteiger partial charge in [0, 0.05) is 41.9 Å². The molecular weight excluding hydrogens is 336 g/mol. The van der Waals surface area contributed by atoms with Crippen molar-refractivity contribution in [3.05, 3.63) is 64.6 Å². The maximum absolute atomic E-state index is 3.48. The molecule has 1 fully saturated rings. The van der Waals surface area contributed by atoms with E-state index in [4.69, 9.17) is 0 Å². The van der Waals surface area contributed by atoms with E-state index in [9.17, 15) is 0 Å². The summed E-state index contributed by atoms with van der Waals surface area (Å²) in [6.07, 6.45) is 0. The lowest BCUT2D eigenvalue weighted by Gasteiger charge is -2.35. The molecule has 0 radical (unpaired) electrons. The van der Waals surface area contributed by atoms with Gasteiger partial charge in [-0.15, -0.1) is 0 Å². The summed E-state index contributed by atoms with van der Waals surface area (Å²) in [5, 5.41) is 0. The molecule has 2 nitrogen and oxygen atoms in total. The van der Waals surface area contributed by atoms with Gasteiger partial charge in [0.1, 0.15) is 0 Å². The van der Waals surface area contributed by atoms with Crippen molar-refractivity contribution < 1.29 is 0 Å². The van der Waals surface area contributed by atoms with Crippen LogP contribution >= 0.6 is 15.9 Å². The first-order valence-corrected chi connectivity index (χ1v) is 8.37. The third-order valence-electron chi connectivity index (χ3n) is 3.87. The Hall–Kier alpha value is -1.76. The maximum atomic E-state index is 3.48. The molecule has 0 saturated carbocycles. The van der Waals surface area contributed by atoms with Crippen LogP contribution in [0.2, 0.25) is 0 Å². The van der Waals surface area contributed by atoms with Crippen LogP contribution in [-0.2, 0) is 0 Å². The van der Waals surface area contributed by atoms with Gasteiger partial charge in [0.25, 0.3) is 0 Å². The molecule has 0 N–H and O–H groups in total. The number of rotatable bonds is 2. The van der Waals surface area contributed by atoms with Gasteiger partial charge in [0.05, 0.1) is 6.54 Å². The van der Waals surface area contributed by atoms with Crippen molar-refractivity contribution in [2.24, 2.45) is 0 Å². The van der Waals surface area contributed by atoms with E-state index in [2.05, 4.69) is 74.0 Å². The van der Waals surface area contributed by atoms with Gasteiger partial charge in [-0.05, 0) is 36.4 Å². The molecule has 1 aliphatic rings. The van der Waals surface area contributed by atoms with Crippen molar-refractivity contribution in [3.8, 4) is 11.8 Å². The average Bonchev–Trinajstić information content (AvgIpc) is 2.57. The van der Waals surface area contributed by atoms with E-state index in [1.165, 1.54) is 5.69 Å². The lowest BCUT2D eigenvalue weighted by Crippen LogP contribution is -2.46. The molecule has 3 heteroatoms. The molecule has 0 spiro atoms. The predicted molar refractivity (Wildman–Crippen MR) is 96.1 cm³/mol. The molecule has 0 unspecified atom stereocenters. The van der Waals surface area contributed by atoms with Crippen LogP contribution in [0.1, 0.15) is 5.56 Å². The number of benzene rings is 2. The van der Waals surface area contributed by atoms with E-state index >= 15 is 0 Å². The first-order valence-electron chi connectivity index (χ1n) is 7.58. The molecule has 22 heavy (non-hydrogen) atoms. The largest absolute Gasteiger partial charge is 0.369 e. The van der Waals surface area contributed by atoms with Crippen LogP contribution < -0.4 is 4.90 Å². The van der Waals surface area contributed by atoms with E-state index in [1.807, 2.05) is 18.2 Å². The minimum atomic E-state index is 0.850. The molecular formula is C19H19BrN2. The second kappa shape index (κ2) is 7.49. The Labute approximate surface area is 140 Å². The van der Waals surface area contributed by atoms with Crippen LogP contribution in [0.5, 0.6) is 0 Å². The van der Waals surface area contributed by atoms with Gasteiger partial charge in [0.2, 0.25) is 0 Å². The van der Waals surface area contributed by atoms with Crippen molar-refractivity contribution in [3.63, 3.8) is 0 Å². The van der Waals surface area contributed by atoms with Crippen LogP contribution in [0, 0.1) is 11.8 Å². The highest BCUT2D eigenvalue weighted by Gasteiger charge is 2.16. The zero-order chi connectivity index (χ0) is 15.2. The van der Waals surface area contributed by atoms with Gasteiger partial charge in [-0.1, -0.05) is 46.0 Å². The standard InChI is InChI=1S/C19H19BrN2/c20-18-8-10-19(11-9-18)22-15-13-21(14-16-22)12-4-7-17-5-2-1-3-6-17/h1-3,5-6,8-11H,12-16H2. The normalized spacial score (nSPS) is 15.2. The molecule has 2 aromatic carbocycles.